The minimum absolute atomic E-state index is 0.150. The maximum atomic E-state index is 12.6. The lowest BCUT2D eigenvalue weighted by Gasteiger charge is -2.24. The van der Waals surface area contributed by atoms with Crippen molar-refractivity contribution in [3.8, 4) is 5.69 Å². The molecule has 0 aliphatic carbocycles. The average molecular weight is 384 g/mol. The summed E-state index contributed by atoms with van der Waals surface area (Å²) in [6.45, 7) is 7.44. The lowest BCUT2D eigenvalue weighted by molar-refractivity contribution is 0.0695. The highest BCUT2D eigenvalue weighted by Crippen LogP contribution is 2.24. The van der Waals surface area contributed by atoms with Crippen molar-refractivity contribution in [2.75, 3.05) is 0 Å². The number of thiazole rings is 1. The van der Waals surface area contributed by atoms with Crippen molar-refractivity contribution in [1.82, 2.24) is 20.1 Å². The normalized spacial score (nSPS) is 11.4. The Morgan fingerprint density at radius 2 is 1.85 bits per heavy atom. The quantitative estimate of drug-likeness (QED) is 0.703. The van der Waals surface area contributed by atoms with E-state index in [0.29, 0.717) is 16.9 Å². The molecule has 3 rings (SSSR count). The molecule has 0 aliphatic rings. The van der Waals surface area contributed by atoms with Gasteiger partial charge in [0.05, 0.1) is 23.1 Å². The van der Waals surface area contributed by atoms with Gasteiger partial charge in [-0.1, -0.05) is 0 Å². The van der Waals surface area contributed by atoms with Crippen LogP contribution in [0.5, 0.6) is 0 Å². The van der Waals surface area contributed by atoms with E-state index in [9.17, 15) is 9.59 Å². The van der Waals surface area contributed by atoms with Crippen LogP contribution in [0.1, 0.15) is 51.0 Å². The Bertz CT molecular complexity index is 1000. The molecule has 0 saturated carbocycles. The van der Waals surface area contributed by atoms with Crippen molar-refractivity contribution in [3.05, 3.63) is 63.4 Å². The van der Waals surface area contributed by atoms with Crippen LogP contribution in [0.25, 0.3) is 5.69 Å². The van der Waals surface area contributed by atoms with Crippen molar-refractivity contribution in [2.24, 2.45) is 0 Å². The van der Waals surface area contributed by atoms with E-state index in [4.69, 9.17) is 5.11 Å². The molecule has 0 bridgehead atoms. The van der Waals surface area contributed by atoms with Crippen molar-refractivity contribution >= 4 is 23.2 Å². The first-order chi connectivity index (χ1) is 12.7. The molecular weight excluding hydrogens is 364 g/mol. The zero-order valence-corrected chi connectivity index (χ0v) is 16.3. The highest BCUT2D eigenvalue weighted by molar-refractivity contribution is 7.09. The monoisotopic (exact) mass is 384 g/mol. The molecule has 2 heterocycles. The fourth-order valence-electron chi connectivity index (χ4n) is 2.68. The van der Waals surface area contributed by atoms with Gasteiger partial charge >= 0.3 is 5.97 Å². The van der Waals surface area contributed by atoms with Crippen LogP contribution in [0.15, 0.2) is 35.8 Å². The summed E-state index contributed by atoms with van der Waals surface area (Å²) in [5.41, 5.74) is 2.22. The van der Waals surface area contributed by atoms with E-state index in [0.717, 1.165) is 10.7 Å². The standard InChI is InChI=1S/C19H20N4O3S/c1-11-10-27-18(21-11)19(3,4)22-16(24)13-5-7-14(8-6-13)23-12(2)15(9-20-23)17(25)26/h5-10H,1-4H3,(H,22,24)(H,25,26). The predicted octanol–water partition coefficient (Wildman–Crippen LogP) is 3.31. The Kier molecular flexibility index (Phi) is 4.84. The van der Waals surface area contributed by atoms with Crippen molar-refractivity contribution < 1.29 is 14.7 Å². The molecule has 0 spiro atoms. The van der Waals surface area contributed by atoms with E-state index in [1.165, 1.54) is 22.2 Å². The predicted molar refractivity (Wildman–Crippen MR) is 103 cm³/mol. The SMILES string of the molecule is Cc1csc(C(C)(C)NC(=O)c2ccc(-n3ncc(C(=O)O)c3C)cc2)n1. The second-order valence-corrected chi connectivity index (χ2v) is 7.64. The molecule has 0 saturated heterocycles. The molecule has 2 N–H and O–H groups in total. The first-order valence-corrected chi connectivity index (χ1v) is 9.20. The number of carbonyl (C=O) groups is 2. The van der Waals surface area contributed by atoms with Gasteiger partial charge in [-0.15, -0.1) is 11.3 Å². The van der Waals surface area contributed by atoms with Crippen LogP contribution >= 0.6 is 11.3 Å². The van der Waals surface area contributed by atoms with Crippen molar-refractivity contribution in [3.63, 3.8) is 0 Å². The van der Waals surface area contributed by atoms with Gasteiger partial charge in [0.15, 0.2) is 0 Å². The summed E-state index contributed by atoms with van der Waals surface area (Å²) < 4.78 is 1.54. The van der Waals surface area contributed by atoms with Gasteiger partial charge in [-0.3, -0.25) is 4.79 Å². The molecule has 0 atom stereocenters. The molecule has 0 radical (unpaired) electrons. The van der Waals surface area contributed by atoms with Gasteiger partial charge in [0, 0.05) is 16.6 Å². The molecule has 0 aliphatic heterocycles. The molecule has 1 amide bonds. The molecule has 8 heteroatoms. The van der Waals surface area contributed by atoms with Crippen LogP contribution in [0.3, 0.4) is 0 Å². The molecule has 0 fully saturated rings. The Morgan fingerprint density at radius 1 is 1.19 bits per heavy atom. The van der Waals surface area contributed by atoms with E-state index in [2.05, 4.69) is 15.4 Å². The minimum Gasteiger partial charge on any atom is -0.478 e. The number of nitrogens with zero attached hydrogens (tertiary/aromatic N) is 3. The number of rotatable bonds is 5. The number of hydrogen-bond acceptors (Lipinski definition) is 5. The number of benzene rings is 1. The molecule has 0 unspecified atom stereocenters. The fourth-order valence-corrected chi connectivity index (χ4v) is 3.56. The number of carbonyl (C=O) groups excluding carboxylic acids is 1. The Balaban J connectivity index is 1.79. The second-order valence-electron chi connectivity index (χ2n) is 6.78. The van der Waals surface area contributed by atoms with E-state index in [1.807, 2.05) is 26.2 Å². The van der Waals surface area contributed by atoms with Crippen LogP contribution in [0.2, 0.25) is 0 Å². The number of nitrogens with one attached hydrogen (secondary N) is 1. The summed E-state index contributed by atoms with van der Waals surface area (Å²) >= 11 is 1.51. The molecule has 27 heavy (non-hydrogen) atoms. The number of hydrogen-bond donors (Lipinski definition) is 2. The smallest absolute Gasteiger partial charge is 0.339 e. The highest BCUT2D eigenvalue weighted by Gasteiger charge is 2.26. The summed E-state index contributed by atoms with van der Waals surface area (Å²) in [5, 5.41) is 19.0. The topological polar surface area (TPSA) is 97.1 Å². The maximum Gasteiger partial charge on any atom is 0.339 e. The molecule has 2 aromatic heterocycles. The zero-order chi connectivity index (χ0) is 19.8. The van der Waals surface area contributed by atoms with Gasteiger partial charge in [-0.2, -0.15) is 5.10 Å². The van der Waals surface area contributed by atoms with E-state index in [1.54, 1.807) is 31.2 Å². The third kappa shape index (κ3) is 3.75. The van der Waals surface area contributed by atoms with Crippen molar-refractivity contribution in [2.45, 2.75) is 33.2 Å². The average Bonchev–Trinajstić information content (AvgIpc) is 3.21. The Hall–Kier alpha value is -3.00. The van der Waals surface area contributed by atoms with Gasteiger partial charge in [0.1, 0.15) is 10.6 Å². The van der Waals surface area contributed by atoms with Gasteiger partial charge in [-0.25, -0.2) is 14.5 Å². The molecule has 140 valence electrons. The second kappa shape index (κ2) is 6.96. The number of aryl methyl sites for hydroxylation is 1. The van der Waals surface area contributed by atoms with E-state index < -0.39 is 11.5 Å². The van der Waals surface area contributed by atoms with Crippen LogP contribution in [0.4, 0.5) is 0 Å². The lowest BCUT2D eigenvalue weighted by Crippen LogP contribution is -2.40. The number of aromatic nitrogens is 3. The largest absolute Gasteiger partial charge is 0.478 e. The summed E-state index contributed by atoms with van der Waals surface area (Å²) in [7, 11) is 0. The molecule has 1 aromatic carbocycles. The van der Waals surface area contributed by atoms with Crippen LogP contribution in [-0.2, 0) is 5.54 Å². The number of aromatic carboxylic acids is 1. The number of amides is 1. The Labute approximate surface area is 160 Å². The number of carboxylic acid groups (broad SMARTS) is 1. The van der Waals surface area contributed by atoms with Crippen molar-refractivity contribution in [1.29, 1.82) is 0 Å². The summed E-state index contributed by atoms with van der Waals surface area (Å²) in [6.07, 6.45) is 1.32. The zero-order valence-electron chi connectivity index (χ0n) is 15.5. The fraction of sp³-hybridized carbons (Fsp3) is 0.263. The Morgan fingerprint density at radius 3 is 2.37 bits per heavy atom. The molecular formula is C19H20N4O3S. The third-order valence-corrected chi connectivity index (χ3v) is 5.48. The minimum atomic E-state index is -1.02. The lowest BCUT2D eigenvalue weighted by atomic mass is 10.1. The summed E-state index contributed by atoms with van der Waals surface area (Å²) in [6, 6.07) is 6.85. The van der Waals surface area contributed by atoms with Gasteiger partial charge in [0.25, 0.3) is 5.91 Å². The van der Waals surface area contributed by atoms with Gasteiger partial charge < -0.3 is 10.4 Å². The molecule has 3 aromatic rings. The van der Waals surface area contributed by atoms with Crippen LogP contribution in [0, 0.1) is 13.8 Å². The molecule has 7 nitrogen and oxygen atoms in total. The summed E-state index contributed by atoms with van der Waals surface area (Å²) in [4.78, 5) is 28.2. The highest BCUT2D eigenvalue weighted by atomic mass is 32.1. The first kappa shape index (κ1) is 18.8. The van der Waals surface area contributed by atoms with Gasteiger partial charge in [0.2, 0.25) is 0 Å². The number of carboxylic acids is 1. The van der Waals surface area contributed by atoms with E-state index >= 15 is 0 Å². The van der Waals surface area contributed by atoms with Crippen LogP contribution < -0.4 is 5.32 Å². The van der Waals surface area contributed by atoms with Crippen LogP contribution in [-0.4, -0.2) is 31.7 Å². The van der Waals surface area contributed by atoms with Gasteiger partial charge in [-0.05, 0) is 52.0 Å². The maximum absolute atomic E-state index is 12.6. The summed E-state index contributed by atoms with van der Waals surface area (Å²) in [5.74, 6) is -1.22. The first-order valence-electron chi connectivity index (χ1n) is 8.32. The van der Waals surface area contributed by atoms with E-state index in [-0.39, 0.29) is 11.5 Å². The third-order valence-electron chi connectivity index (χ3n) is 4.19.